The Kier molecular flexibility index (Phi) is 5.71. The molecule has 0 spiro atoms. The SMILES string of the molecule is CC(C)CN(CC(N)=O)S(=O)(=O)c1cc(N)c(Br)cc1F. The lowest BCUT2D eigenvalue weighted by Gasteiger charge is -2.23. The number of sulfonamides is 1. The van der Waals surface area contributed by atoms with E-state index in [-0.39, 0.29) is 22.6 Å². The third-order valence-electron chi connectivity index (χ3n) is 2.57. The molecule has 0 atom stereocenters. The molecule has 1 rings (SSSR count). The van der Waals surface area contributed by atoms with Crippen molar-refractivity contribution in [2.45, 2.75) is 18.7 Å². The van der Waals surface area contributed by atoms with Gasteiger partial charge in [0, 0.05) is 16.7 Å². The summed E-state index contributed by atoms with van der Waals surface area (Å²) in [4.78, 5) is 10.5. The van der Waals surface area contributed by atoms with Crippen LogP contribution in [0.4, 0.5) is 10.1 Å². The number of nitrogens with zero attached hydrogens (tertiary/aromatic N) is 1. The zero-order valence-electron chi connectivity index (χ0n) is 11.6. The molecule has 0 aliphatic rings. The molecule has 1 aromatic rings. The Labute approximate surface area is 131 Å². The molecule has 1 amide bonds. The zero-order valence-corrected chi connectivity index (χ0v) is 14.0. The van der Waals surface area contributed by atoms with Crippen molar-refractivity contribution in [3.8, 4) is 0 Å². The van der Waals surface area contributed by atoms with Crippen LogP contribution in [-0.2, 0) is 14.8 Å². The molecule has 0 saturated carbocycles. The minimum atomic E-state index is -4.20. The van der Waals surface area contributed by atoms with Gasteiger partial charge in [-0.05, 0) is 34.0 Å². The topological polar surface area (TPSA) is 106 Å². The van der Waals surface area contributed by atoms with E-state index in [4.69, 9.17) is 11.5 Å². The van der Waals surface area contributed by atoms with E-state index in [0.717, 1.165) is 16.4 Å². The van der Waals surface area contributed by atoms with E-state index in [2.05, 4.69) is 15.9 Å². The molecule has 0 saturated heterocycles. The fourth-order valence-electron chi connectivity index (χ4n) is 1.71. The third-order valence-corrected chi connectivity index (χ3v) is 5.08. The number of primary amides is 1. The Morgan fingerprint density at radius 2 is 2.00 bits per heavy atom. The smallest absolute Gasteiger partial charge is 0.246 e. The molecular weight excluding hydrogens is 365 g/mol. The van der Waals surface area contributed by atoms with Gasteiger partial charge >= 0.3 is 0 Å². The number of carbonyl (C=O) groups is 1. The largest absolute Gasteiger partial charge is 0.398 e. The number of benzene rings is 1. The van der Waals surface area contributed by atoms with E-state index in [1.54, 1.807) is 13.8 Å². The van der Waals surface area contributed by atoms with Crippen molar-refractivity contribution in [1.82, 2.24) is 4.31 Å². The molecule has 6 nitrogen and oxygen atoms in total. The monoisotopic (exact) mass is 381 g/mol. The predicted octanol–water partition coefficient (Wildman–Crippen LogP) is 1.30. The van der Waals surface area contributed by atoms with Crippen molar-refractivity contribution in [1.29, 1.82) is 0 Å². The number of halogens is 2. The van der Waals surface area contributed by atoms with Crippen LogP contribution in [0.15, 0.2) is 21.5 Å². The van der Waals surface area contributed by atoms with Crippen molar-refractivity contribution in [2.75, 3.05) is 18.8 Å². The van der Waals surface area contributed by atoms with Gasteiger partial charge in [-0.2, -0.15) is 4.31 Å². The summed E-state index contributed by atoms with van der Waals surface area (Å²) in [5.74, 6) is -1.83. The molecule has 0 heterocycles. The zero-order chi connectivity index (χ0) is 16.4. The number of rotatable bonds is 6. The van der Waals surface area contributed by atoms with Crippen LogP contribution >= 0.6 is 15.9 Å². The first-order chi connectivity index (χ1) is 9.55. The highest BCUT2D eigenvalue weighted by Crippen LogP contribution is 2.28. The van der Waals surface area contributed by atoms with E-state index < -0.39 is 33.2 Å². The van der Waals surface area contributed by atoms with Crippen LogP contribution in [0.2, 0.25) is 0 Å². The maximum atomic E-state index is 14.0. The summed E-state index contributed by atoms with van der Waals surface area (Å²) in [7, 11) is -4.20. The van der Waals surface area contributed by atoms with Gasteiger partial charge in [0.05, 0.1) is 6.54 Å². The van der Waals surface area contributed by atoms with Crippen LogP contribution in [0.3, 0.4) is 0 Å². The summed E-state index contributed by atoms with van der Waals surface area (Å²) in [5.41, 5.74) is 10.7. The molecule has 21 heavy (non-hydrogen) atoms. The Morgan fingerprint density at radius 1 is 1.43 bits per heavy atom. The van der Waals surface area contributed by atoms with Crippen LogP contribution in [0.5, 0.6) is 0 Å². The number of amides is 1. The van der Waals surface area contributed by atoms with Gasteiger partial charge in [0.1, 0.15) is 10.7 Å². The quantitative estimate of drug-likeness (QED) is 0.724. The molecule has 9 heteroatoms. The van der Waals surface area contributed by atoms with E-state index in [9.17, 15) is 17.6 Å². The first kappa shape index (κ1) is 17.9. The standard InChI is InChI=1S/C12H17BrFN3O3S/c1-7(2)5-17(6-12(16)18)21(19,20)11-4-10(15)8(13)3-9(11)14/h3-4,7H,5-6,15H2,1-2H3,(H2,16,18). The summed E-state index contributed by atoms with van der Waals surface area (Å²) in [6, 6.07) is 1.99. The molecule has 4 N–H and O–H groups in total. The highest BCUT2D eigenvalue weighted by Gasteiger charge is 2.30. The van der Waals surface area contributed by atoms with Gasteiger partial charge in [-0.25, -0.2) is 12.8 Å². The average molecular weight is 382 g/mol. The summed E-state index contributed by atoms with van der Waals surface area (Å²) in [6.07, 6.45) is 0. The number of nitrogens with two attached hydrogens (primary N) is 2. The van der Waals surface area contributed by atoms with Crippen LogP contribution in [-0.4, -0.2) is 31.7 Å². The first-order valence-corrected chi connectivity index (χ1v) is 8.32. The van der Waals surface area contributed by atoms with Gasteiger partial charge in [0.2, 0.25) is 15.9 Å². The second kappa shape index (κ2) is 6.71. The molecule has 0 bridgehead atoms. The normalized spacial score (nSPS) is 12.1. The highest BCUT2D eigenvalue weighted by molar-refractivity contribution is 9.10. The molecule has 0 aliphatic heterocycles. The van der Waals surface area contributed by atoms with E-state index >= 15 is 0 Å². The highest BCUT2D eigenvalue weighted by atomic mass is 79.9. The number of hydrogen-bond acceptors (Lipinski definition) is 4. The predicted molar refractivity (Wildman–Crippen MR) is 81.3 cm³/mol. The number of carbonyl (C=O) groups excluding carboxylic acids is 1. The molecular formula is C12H17BrFN3O3S. The fourth-order valence-corrected chi connectivity index (χ4v) is 3.68. The van der Waals surface area contributed by atoms with Crippen molar-refractivity contribution in [3.63, 3.8) is 0 Å². The molecule has 0 fully saturated rings. The van der Waals surface area contributed by atoms with Gasteiger partial charge in [-0.3, -0.25) is 4.79 Å². The molecule has 0 radical (unpaired) electrons. The lowest BCUT2D eigenvalue weighted by atomic mass is 10.2. The molecule has 118 valence electrons. The summed E-state index contributed by atoms with van der Waals surface area (Å²) >= 11 is 3.02. The van der Waals surface area contributed by atoms with Gasteiger partial charge in [0.15, 0.2) is 0 Å². The molecule has 1 aromatic carbocycles. The molecule has 0 aromatic heterocycles. The second-order valence-electron chi connectivity index (χ2n) is 4.96. The van der Waals surface area contributed by atoms with Crippen LogP contribution in [0.1, 0.15) is 13.8 Å². The minimum absolute atomic E-state index is 0.0423. The van der Waals surface area contributed by atoms with Crippen LogP contribution < -0.4 is 11.5 Å². The maximum absolute atomic E-state index is 14.0. The van der Waals surface area contributed by atoms with Gasteiger partial charge in [0.25, 0.3) is 0 Å². The van der Waals surface area contributed by atoms with Crippen LogP contribution in [0, 0.1) is 11.7 Å². The third kappa shape index (κ3) is 4.39. The molecule has 0 unspecified atom stereocenters. The van der Waals surface area contributed by atoms with E-state index in [1.165, 1.54) is 0 Å². The van der Waals surface area contributed by atoms with E-state index in [0.29, 0.717) is 0 Å². The van der Waals surface area contributed by atoms with Crippen molar-refractivity contribution >= 4 is 37.5 Å². The molecule has 0 aliphatic carbocycles. The lowest BCUT2D eigenvalue weighted by molar-refractivity contribution is -0.118. The Balaban J connectivity index is 3.34. The first-order valence-electron chi connectivity index (χ1n) is 6.08. The Morgan fingerprint density at radius 3 is 2.48 bits per heavy atom. The minimum Gasteiger partial charge on any atom is -0.398 e. The van der Waals surface area contributed by atoms with Crippen molar-refractivity contribution in [3.05, 3.63) is 22.4 Å². The Hall–Kier alpha value is -1.19. The summed E-state index contributed by atoms with van der Waals surface area (Å²) < 4.78 is 40.1. The Bertz CT molecular complexity index is 649. The summed E-state index contributed by atoms with van der Waals surface area (Å²) in [5, 5.41) is 0. The van der Waals surface area contributed by atoms with Gasteiger partial charge in [-0.1, -0.05) is 13.8 Å². The number of nitrogen functional groups attached to an aromatic ring is 1. The fraction of sp³-hybridized carbons (Fsp3) is 0.417. The number of hydrogen-bond donors (Lipinski definition) is 2. The average Bonchev–Trinajstić information content (AvgIpc) is 2.31. The summed E-state index contributed by atoms with van der Waals surface area (Å²) in [6.45, 7) is 3.07. The number of anilines is 1. The van der Waals surface area contributed by atoms with Gasteiger partial charge in [-0.15, -0.1) is 0 Å². The maximum Gasteiger partial charge on any atom is 0.246 e. The van der Waals surface area contributed by atoms with Gasteiger partial charge < -0.3 is 11.5 Å². The van der Waals surface area contributed by atoms with Crippen molar-refractivity contribution < 1.29 is 17.6 Å². The van der Waals surface area contributed by atoms with Crippen molar-refractivity contribution in [2.24, 2.45) is 11.7 Å². The van der Waals surface area contributed by atoms with E-state index in [1.807, 2.05) is 0 Å². The lowest BCUT2D eigenvalue weighted by Crippen LogP contribution is -2.40. The van der Waals surface area contributed by atoms with Crippen LogP contribution in [0.25, 0.3) is 0 Å². The second-order valence-corrected chi connectivity index (χ2v) is 7.72.